The van der Waals surface area contributed by atoms with E-state index in [4.69, 9.17) is 5.26 Å². The summed E-state index contributed by atoms with van der Waals surface area (Å²) in [7, 11) is 0. The second kappa shape index (κ2) is 6.70. The lowest BCUT2D eigenvalue weighted by molar-refractivity contribution is 0.0924. The van der Waals surface area contributed by atoms with Gasteiger partial charge in [0.25, 0.3) is 5.91 Å². The molecular formula is C19H23FN2O. The van der Waals surface area contributed by atoms with Gasteiger partial charge in [-0.1, -0.05) is 19.8 Å². The highest BCUT2D eigenvalue weighted by molar-refractivity contribution is 5.94. The third kappa shape index (κ3) is 3.39. The monoisotopic (exact) mass is 314 g/mol. The Morgan fingerprint density at radius 2 is 2.17 bits per heavy atom. The van der Waals surface area contributed by atoms with Gasteiger partial charge in [-0.05, 0) is 61.6 Å². The van der Waals surface area contributed by atoms with Gasteiger partial charge in [-0.25, -0.2) is 4.39 Å². The molecule has 4 unspecified atom stereocenters. The molecule has 0 heterocycles. The lowest BCUT2D eigenvalue weighted by atomic mass is 9.78. The van der Waals surface area contributed by atoms with Crippen LogP contribution >= 0.6 is 0 Å². The largest absolute Gasteiger partial charge is 0.349 e. The third-order valence-electron chi connectivity index (χ3n) is 5.46. The molecule has 3 nitrogen and oxygen atoms in total. The van der Waals surface area contributed by atoms with Gasteiger partial charge < -0.3 is 5.32 Å². The molecule has 2 aliphatic carbocycles. The van der Waals surface area contributed by atoms with Crippen LogP contribution in [0.1, 0.15) is 61.4 Å². The van der Waals surface area contributed by atoms with E-state index in [1.54, 1.807) is 6.07 Å². The number of fused-ring (bicyclic) bond motifs is 2. The van der Waals surface area contributed by atoms with E-state index in [0.29, 0.717) is 11.5 Å². The van der Waals surface area contributed by atoms with Crippen molar-refractivity contribution in [1.82, 2.24) is 5.32 Å². The molecule has 4 heteroatoms. The zero-order chi connectivity index (χ0) is 16.4. The second-order valence-corrected chi connectivity index (χ2v) is 7.11. The van der Waals surface area contributed by atoms with Crippen molar-refractivity contribution in [1.29, 1.82) is 5.26 Å². The number of nitrogens with zero attached hydrogens (tertiary/aromatic N) is 1. The van der Waals surface area contributed by atoms with Gasteiger partial charge in [0.1, 0.15) is 11.9 Å². The molecule has 1 aromatic carbocycles. The lowest BCUT2D eigenvalue weighted by Crippen LogP contribution is -2.37. The number of rotatable bonds is 4. The minimum atomic E-state index is -0.580. The number of amides is 1. The van der Waals surface area contributed by atoms with Crippen molar-refractivity contribution in [3.63, 3.8) is 0 Å². The normalized spacial score (nSPS) is 29.1. The Balaban J connectivity index is 1.66. The zero-order valence-corrected chi connectivity index (χ0v) is 13.5. The molecule has 2 bridgehead atoms. The number of nitrogens with one attached hydrogen (secondary N) is 1. The van der Waals surface area contributed by atoms with Crippen LogP contribution in [0.3, 0.4) is 0 Å². The van der Waals surface area contributed by atoms with Crippen LogP contribution in [0.15, 0.2) is 18.2 Å². The quantitative estimate of drug-likeness (QED) is 0.912. The Hall–Kier alpha value is -1.89. The van der Waals surface area contributed by atoms with E-state index >= 15 is 0 Å². The molecule has 0 saturated heterocycles. The molecule has 1 aromatic rings. The molecule has 2 saturated carbocycles. The van der Waals surface area contributed by atoms with Crippen molar-refractivity contribution in [2.24, 2.45) is 17.8 Å². The maximum atomic E-state index is 13.4. The van der Waals surface area contributed by atoms with Crippen LogP contribution in [-0.2, 0) is 0 Å². The van der Waals surface area contributed by atoms with Gasteiger partial charge in [-0.15, -0.1) is 0 Å². The van der Waals surface area contributed by atoms with Crippen molar-refractivity contribution in [2.45, 2.75) is 51.5 Å². The topological polar surface area (TPSA) is 52.9 Å². The summed E-state index contributed by atoms with van der Waals surface area (Å²) in [6.45, 7) is 2.23. The number of carbonyl (C=O) groups is 1. The molecule has 0 aromatic heterocycles. The smallest absolute Gasteiger partial charge is 0.251 e. The number of carbonyl (C=O) groups excluding carboxylic acids is 1. The van der Waals surface area contributed by atoms with E-state index in [0.717, 1.165) is 18.3 Å². The SMILES string of the molecule is CCCC1CC2CC(C1)C(NC(=O)c1ccc(F)c(C#N)c1)C2. The minimum absolute atomic E-state index is 0.0779. The first-order valence-corrected chi connectivity index (χ1v) is 8.61. The van der Waals surface area contributed by atoms with Gasteiger partial charge in [0, 0.05) is 11.6 Å². The molecule has 1 N–H and O–H groups in total. The Morgan fingerprint density at radius 3 is 2.91 bits per heavy atom. The summed E-state index contributed by atoms with van der Waals surface area (Å²) in [4.78, 5) is 12.4. The standard InChI is InChI=1S/C19H23FN2O/c1-2-3-12-6-13-8-15(7-12)18(9-13)22-19(23)14-4-5-17(20)16(10-14)11-21/h4-5,10,12-13,15,18H,2-3,6-9H2,1H3,(H,22,23). The molecule has 122 valence electrons. The van der Waals surface area contributed by atoms with Crippen molar-refractivity contribution in [3.05, 3.63) is 35.1 Å². The summed E-state index contributed by atoms with van der Waals surface area (Å²) in [5.74, 6) is 1.35. The molecule has 1 amide bonds. The summed E-state index contributed by atoms with van der Waals surface area (Å²) >= 11 is 0. The Kier molecular flexibility index (Phi) is 4.66. The summed E-state index contributed by atoms with van der Waals surface area (Å²) in [6, 6.07) is 5.99. The maximum absolute atomic E-state index is 13.4. The predicted molar refractivity (Wildman–Crippen MR) is 86.2 cm³/mol. The van der Waals surface area contributed by atoms with Crippen molar-refractivity contribution < 1.29 is 9.18 Å². The minimum Gasteiger partial charge on any atom is -0.349 e. The lowest BCUT2D eigenvalue weighted by Gasteiger charge is -2.28. The Morgan fingerprint density at radius 1 is 1.35 bits per heavy atom. The van der Waals surface area contributed by atoms with Gasteiger partial charge in [-0.2, -0.15) is 5.26 Å². The van der Waals surface area contributed by atoms with Crippen LogP contribution in [0, 0.1) is 34.9 Å². The van der Waals surface area contributed by atoms with E-state index in [1.807, 2.05) is 0 Å². The predicted octanol–water partition coefficient (Wildman–Crippen LogP) is 4.03. The number of benzene rings is 1. The summed E-state index contributed by atoms with van der Waals surface area (Å²) in [6.07, 6.45) is 7.31. The zero-order valence-electron chi connectivity index (χ0n) is 13.5. The second-order valence-electron chi connectivity index (χ2n) is 7.11. The molecule has 2 aliphatic rings. The highest BCUT2D eigenvalue weighted by Crippen LogP contribution is 2.46. The highest BCUT2D eigenvalue weighted by Gasteiger charge is 2.41. The van der Waals surface area contributed by atoms with Crippen LogP contribution < -0.4 is 5.32 Å². The molecule has 4 atom stereocenters. The van der Waals surface area contributed by atoms with Gasteiger partial charge in [0.2, 0.25) is 0 Å². The first-order valence-electron chi connectivity index (χ1n) is 8.61. The van der Waals surface area contributed by atoms with Crippen LogP contribution in [0.4, 0.5) is 4.39 Å². The number of hydrogen-bond acceptors (Lipinski definition) is 2. The van der Waals surface area contributed by atoms with Crippen LogP contribution in [0.25, 0.3) is 0 Å². The van der Waals surface area contributed by atoms with Crippen molar-refractivity contribution in [2.75, 3.05) is 0 Å². The van der Waals surface area contributed by atoms with Crippen molar-refractivity contribution >= 4 is 5.91 Å². The maximum Gasteiger partial charge on any atom is 0.251 e. The van der Waals surface area contributed by atoms with Crippen LogP contribution in [0.2, 0.25) is 0 Å². The number of halogens is 1. The van der Waals surface area contributed by atoms with Gasteiger partial charge in [0.05, 0.1) is 5.56 Å². The highest BCUT2D eigenvalue weighted by atomic mass is 19.1. The average molecular weight is 314 g/mol. The van der Waals surface area contributed by atoms with E-state index in [2.05, 4.69) is 12.2 Å². The third-order valence-corrected chi connectivity index (χ3v) is 5.46. The first kappa shape index (κ1) is 16.0. The molecule has 0 aliphatic heterocycles. The number of nitriles is 1. The van der Waals surface area contributed by atoms with Crippen LogP contribution in [-0.4, -0.2) is 11.9 Å². The Bertz CT molecular complexity index is 637. The van der Waals surface area contributed by atoms with E-state index in [9.17, 15) is 9.18 Å². The van der Waals surface area contributed by atoms with E-state index < -0.39 is 5.82 Å². The summed E-state index contributed by atoms with van der Waals surface area (Å²) in [5, 5.41) is 12.0. The molecule has 3 rings (SSSR count). The fraction of sp³-hybridized carbons (Fsp3) is 0.579. The van der Waals surface area contributed by atoms with Crippen LogP contribution in [0.5, 0.6) is 0 Å². The molecule has 23 heavy (non-hydrogen) atoms. The van der Waals surface area contributed by atoms with E-state index in [1.165, 1.54) is 50.3 Å². The fourth-order valence-electron chi connectivity index (χ4n) is 4.51. The first-order chi connectivity index (χ1) is 11.1. The van der Waals surface area contributed by atoms with Crippen molar-refractivity contribution in [3.8, 4) is 6.07 Å². The summed E-state index contributed by atoms with van der Waals surface area (Å²) in [5.41, 5.74) is 0.292. The van der Waals surface area contributed by atoms with E-state index in [-0.39, 0.29) is 17.5 Å². The molecular weight excluding hydrogens is 291 g/mol. The Labute approximate surface area is 136 Å². The fourth-order valence-corrected chi connectivity index (χ4v) is 4.51. The summed E-state index contributed by atoms with van der Waals surface area (Å²) < 4.78 is 13.4. The molecule has 2 fully saturated rings. The van der Waals surface area contributed by atoms with Gasteiger partial charge in [0.15, 0.2) is 0 Å². The van der Waals surface area contributed by atoms with Gasteiger partial charge in [-0.3, -0.25) is 4.79 Å². The van der Waals surface area contributed by atoms with Gasteiger partial charge >= 0.3 is 0 Å². The molecule has 0 radical (unpaired) electrons. The molecule has 0 spiro atoms. The average Bonchev–Trinajstić information content (AvgIpc) is 2.82. The number of hydrogen-bond donors (Lipinski definition) is 1.